The molecule has 0 bridgehead atoms. The molecule has 3 heterocycles. The number of anilines is 3. The van der Waals surface area contributed by atoms with Crippen LogP contribution in [0.25, 0.3) is 11.0 Å². The van der Waals surface area contributed by atoms with Crippen LogP contribution in [0.15, 0.2) is 29.2 Å². The average Bonchev–Trinajstić information content (AvgIpc) is 3.33. The van der Waals surface area contributed by atoms with Crippen LogP contribution >= 0.6 is 0 Å². The summed E-state index contributed by atoms with van der Waals surface area (Å²) >= 11 is 0. The number of aromatic nitrogens is 3. The first kappa shape index (κ1) is 20.8. The summed E-state index contributed by atoms with van der Waals surface area (Å²) in [5, 5.41) is 6.81. The minimum atomic E-state index is -0.751. The Hall–Kier alpha value is -3.07. The molecule has 9 heteroatoms. The number of piperazine rings is 1. The van der Waals surface area contributed by atoms with Gasteiger partial charge in [0.15, 0.2) is 5.82 Å². The Morgan fingerprint density at radius 2 is 1.91 bits per heavy atom. The highest BCUT2D eigenvalue weighted by Crippen LogP contribution is 2.32. The van der Waals surface area contributed by atoms with Crippen molar-refractivity contribution in [2.24, 2.45) is 0 Å². The number of fused-ring (bicyclic) bond motifs is 1. The highest BCUT2D eigenvalue weighted by molar-refractivity contribution is 5.79. The van der Waals surface area contributed by atoms with Gasteiger partial charge in [0.05, 0.1) is 5.69 Å². The number of nitrogens with one attached hydrogen (secondary N) is 2. The van der Waals surface area contributed by atoms with Crippen LogP contribution in [0, 0.1) is 18.6 Å². The summed E-state index contributed by atoms with van der Waals surface area (Å²) in [6, 6.07) is 4.88. The Labute approximate surface area is 184 Å². The number of halogens is 2. The van der Waals surface area contributed by atoms with Gasteiger partial charge in [0, 0.05) is 55.1 Å². The SMILES string of the molecule is Cc1c(F)c(=O)n(C2CCCC2)c2nc(Nc3ccc(N4CCNCC4)c(F)c3)ncc12. The molecule has 3 aromatic rings. The van der Waals surface area contributed by atoms with E-state index in [1.54, 1.807) is 19.1 Å². The van der Waals surface area contributed by atoms with Crippen molar-refractivity contribution in [2.75, 3.05) is 36.4 Å². The van der Waals surface area contributed by atoms with Gasteiger partial charge in [-0.2, -0.15) is 4.98 Å². The van der Waals surface area contributed by atoms with Crippen LogP contribution in [0.2, 0.25) is 0 Å². The van der Waals surface area contributed by atoms with Crippen LogP contribution in [0.1, 0.15) is 37.3 Å². The summed E-state index contributed by atoms with van der Waals surface area (Å²) in [6.45, 7) is 4.73. The molecule has 0 atom stereocenters. The molecule has 1 aliphatic heterocycles. The average molecular weight is 440 g/mol. The van der Waals surface area contributed by atoms with E-state index in [0.29, 0.717) is 22.4 Å². The molecular formula is C23H26F2N6O. The zero-order valence-corrected chi connectivity index (χ0v) is 18.0. The second-order valence-corrected chi connectivity index (χ2v) is 8.51. The summed E-state index contributed by atoms with van der Waals surface area (Å²) in [5.74, 6) is -0.832. The zero-order valence-electron chi connectivity index (χ0n) is 18.0. The fourth-order valence-electron chi connectivity index (χ4n) is 4.74. The van der Waals surface area contributed by atoms with Gasteiger partial charge in [-0.1, -0.05) is 12.8 Å². The van der Waals surface area contributed by atoms with Gasteiger partial charge in [-0.3, -0.25) is 9.36 Å². The lowest BCUT2D eigenvalue weighted by molar-refractivity contribution is 0.487. The normalized spacial score (nSPS) is 17.3. The second kappa shape index (κ2) is 8.46. The summed E-state index contributed by atoms with van der Waals surface area (Å²) in [7, 11) is 0. The predicted molar refractivity (Wildman–Crippen MR) is 121 cm³/mol. The second-order valence-electron chi connectivity index (χ2n) is 8.51. The third-order valence-electron chi connectivity index (χ3n) is 6.49. The molecule has 7 nitrogen and oxygen atoms in total. The van der Waals surface area contributed by atoms with E-state index in [1.807, 2.05) is 4.90 Å². The molecule has 0 unspecified atom stereocenters. The van der Waals surface area contributed by atoms with Gasteiger partial charge >= 0.3 is 0 Å². The van der Waals surface area contributed by atoms with Gasteiger partial charge in [0.2, 0.25) is 5.95 Å². The quantitative estimate of drug-likeness (QED) is 0.645. The van der Waals surface area contributed by atoms with Gasteiger partial charge in [-0.25, -0.2) is 13.8 Å². The topological polar surface area (TPSA) is 75.1 Å². The van der Waals surface area contributed by atoms with Gasteiger partial charge in [-0.15, -0.1) is 0 Å². The van der Waals surface area contributed by atoms with E-state index in [1.165, 1.54) is 16.8 Å². The van der Waals surface area contributed by atoms with E-state index < -0.39 is 11.4 Å². The van der Waals surface area contributed by atoms with E-state index >= 15 is 0 Å². The lowest BCUT2D eigenvalue weighted by atomic mass is 10.1. The predicted octanol–water partition coefficient (Wildman–Crippen LogP) is 3.65. The van der Waals surface area contributed by atoms with Crippen LogP contribution in [-0.4, -0.2) is 40.7 Å². The van der Waals surface area contributed by atoms with Gasteiger partial charge in [0.25, 0.3) is 5.56 Å². The first-order valence-electron chi connectivity index (χ1n) is 11.1. The maximum atomic E-state index is 14.8. The Bertz CT molecular complexity index is 1220. The first-order chi connectivity index (χ1) is 15.5. The summed E-state index contributed by atoms with van der Waals surface area (Å²) in [4.78, 5) is 23.6. The molecule has 5 rings (SSSR count). The molecule has 0 spiro atoms. The number of hydrogen-bond donors (Lipinski definition) is 2. The van der Waals surface area contributed by atoms with E-state index in [-0.39, 0.29) is 23.4 Å². The van der Waals surface area contributed by atoms with Crippen LogP contribution in [0.5, 0.6) is 0 Å². The van der Waals surface area contributed by atoms with Gasteiger partial charge in [-0.05, 0) is 38.0 Å². The molecule has 1 saturated carbocycles. The zero-order chi connectivity index (χ0) is 22.2. The number of pyridine rings is 1. The number of nitrogens with zero attached hydrogens (tertiary/aromatic N) is 4. The maximum Gasteiger partial charge on any atom is 0.288 e. The highest BCUT2D eigenvalue weighted by Gasteiger charge is 2.24. The Morgan fingerprint density at radius 3 is 2.62 bits per heavy atom. The number of hydrogen-bond acceptors (Lipinski definition) is 6. The molecule has 168 valence electrons. The van der Waals surface area contributed by atoms with Crippen molar-refractivity contribution in [3.8, 4) is 0 Å². The lowest BCUT2D eigenvalue weighted by Crippen LogP contribution is -2.43. The first-order valence-corrected chi connectivity index (χ1v) is 11.1. The standard InChI is InChI=1S/C23H26F2N6O/c1-14-17-13-27-23(29-21(17)31(22(32)20(14)25)16-4-2-3-5-16)28-15-6-7-19(18(24)12-15)30-10-8-26-9-11-30/h6-7,12-13,16,26H,2-5,8-11H2,1H3,(H,27,28,29). The molecule has 1 saturated heterocycles. The molecule has 32 heavy (non-hydrogen) atoms. The van der Waals surface area contributed by atoms with Crippen molar-refractivity contribution >= 4 is 28.4 Å². The van der Waals surface area contributed by atoms with E-state index in [9.17, 15) is 13.6 Å². The monoisotopic (exact) mass is 440 g/mol. The molecule has 1 aromatic carbocycles. The third-order valence-corrected chi connectivity index (χ3v) is 6.49. The van der Waals surface area contributed by atoms with Crippen molar-refractivity contribution in [3.05, 3.63) is 51.9 Å². The Balaban J connectivity index is 1.50. The number of aryl methyl sites for hydroxylation is 1. The molecule has 2 fully saturated rings. The Kier molecular flexibility index (Phi) is 5.50. The van der Waals surface area contributed by atoms with Crippen molar-refractivity contribution in [1.82, 2.24) is 19.9 Å². The van der Waals surface area contributed by atoms with Crippen molar-refractivity contribution in [2.45, 2.75) is 38.6 Å². The molecule has 2 aliphatic rings. The maximum absolute atomic E-state index is 14.8. The van der Waals surface area contributed by atoms with Gasteiger partial charge < -0.3 is 15.5 Å². The largest absolute Gasteiger partial charge is 0.367 e. The van der Waals surface area contributed by atoms with Gasteiger partial charge in [0.1, 0.15) is 11.5 Å². The summed E-state index contributed by atoms with van der Waals surface area (Å²) in [5.41, 5.74) is 1.10. The number of benzene rings is 1. The fraction of sp³-hybridized carbons (Fsp3) is 0.435. The minimum absolute atomic E-state index is 0.0707. The van der Waals surface area contributed by atoms with Crippen LogP contribution < -0.4 is 21.1 Å². The van der Waals surface area contributed by atoms with Crippen LogP contribution in [-0.2, 0) is 0 Å². The highest BCUT2D eigenvalue weighted by atomic mass is 19.1. The van der Waals surface area contributed by atoms with Crippen LogP contribution in [0.4, 0.5) is 26.1 Å². The van der Waals surface area contributed by atoms with Crippen molar-refractivity contribution in [1.29, 1.82) is 0 Å². The van der Waals surface area contributed by atoms with Crippen molar-refractivity contribution < 1.29 is 8.78 Å². The van der Waals surface area contributed by atoms with Crippen molar-refractivity contribution in [3.63, 3.8) is 0 Å². The fourth-order valence-corrected chi connectivity index (χ4v) is 4.74. The minimum Gasteiger partial charge on any atom is -0.367 e. The van der Waals surface area contributed by atoms with Crippen LogP contribution in [0.3, 0.4) is 0 Å². The third kappa shape index (κ3) is 3.70. The van der Waals surface area contributed by atoms with E-state index in [4.69, 9.17) is 0 Å². The molecule has 0 radical (unpaired) electrons. The summed E-state index contributed by atoms with van der Waals surface area (Å²) in [6.07, 6.45) is 5.18. The smallest absolute Gasteiger partial charge is 0.288 e. The molecule has 1 aliphatic carbocycles. The molecule has 2 aromatic heterocycles. The van der Waals surface area contributed by atoms with E-state index in [0.717, 1.165) is 51.9 Å². The molecular weight excluding hydrogens is 414 g/mol. The summed E-state index contributed by atoms with van der Waals surface area (Å²) < 4.78 is 30.9. The molecule has 2 N–H and O–H groups in total. The number of rotatable bonds is 4. The lowest BCUT2D eigenvalue weighted by Gasteiger charge is -2.29. The Morgan fingerprint density at radius 1 is 1.16 bits per heavy atom. The molecule has 0 amide bonds. The van der Waals surface area contributed by atoms with E-state index in [2.05, 4.69) is 20.6 Å².